The van der Waals surface area contributed by atoms with Crippen LogP contribution >= 0.6 is 23.2 Å². The summed E-state index contributed by atoms with van der Waals surface area (Å²) in [5.74, 6) is -0.441. The summed E-state index contributed by atoms with van der Waals surface area (Å²) < 4.78 is 0. The van der Waals surface area contributed by atoms with Gasteiger partial charge in [-0.25, -0.2) is 0 Å². The summed E-state index contributed by atoms with van der Waals surface area (Å²) in [7, 11) is 0. The summed E-state index contributed by atoms with van der Waals surface area (Å²) >= 11 is 12.0. The van der Waals surface area contributed by atoms with Gasteiger partial charge < -0.3 is 10.6 Å². The van der Waals surface area contributed by atoms with E-state index < -0.39 is 11.5 Å². The lowest BCUT2D eigenvalue weighted by atomic mass is 9.95. The Bertz CT molecular complexity index is 568. The van der Waals surface area contributed by atoms with Gasteiger partial charge in [-0.3, -0.25) is 9.59 Å². The van der Waals surface area contributed by atoms with E-state index in [-0.39, 0.29) is 17.9 Å². The van der Waals surface area contributed by atoms with Crippen molar-refractivity contribution in [3.05, 3.63) is 33.8 Å². The summed E-state index contributed by atoms with van der Waals surface area (Å²) in [5, 5.41) is 6.56. The Morgan fingerprint density at radius 3 is 2.18 bits per heavy atom. The van der Waals surface area contributed by atoms with E-state index in [4.69, 9.17) is 23.2 Å². The van der Waals surface area contributed by atoms with Crippen molar-refractivity contribution in [1.29, 1.82) is 0 Å². The Kier molecular flexibility index (Phi) is 6.27. The second kappa shape index (κ2) is 7.34. The highest BCUT2D eigenvalue weighted by molar-refractivity contribution is 6.35. The lowest BCUT2D eigenvalue weighted by Gasteiger charge is -2.23. The van der Waals surface area contributed by atoms with E-state index in [2.05, 4.69) is 10.6 Å². The van der Waals surface area contributed by atoms with E-state index in [9.17, 15) is 9.59 Å². The van der Waals surface area contributed by atoms with Crippen molar-refractivity contribution in [2.45, 2.75) is 46.7 Å². The van der Waals surface area contributed by atoms with Gasteiger partial charge in [0.25, 0.3) is 0 Å². The Hall–Kier alpha value is -1.26. The number of carbonyl (C=O) groups is 2. The molecule has 0 aliphatic rings. The van der Waals surface area contributed by atoms with Crippen LogP contribution in [-0.2, 0) is 9.59 Å². The monoisotopic (exact) mass is 344 g/mol. The zero-order valence-electron chi connectivity index (χ0n) is 13.5. The first-order valence-electron chi connectivity index (χ1n) is 7.08. The van der Waals surface area contributed by atoms with E-state index in [1.165, 1.54) is 0 Å². The van der Waals surface area contributed by atoms with Gasteiger partial charge in [-0.2, -0.15) is 0 Å². The van der Waals surface area contributed by atoms with Crippen molar-refractivity contribution in [3.8, 4) is 0 Å². The number of nitrogens with one attached hydrogen (secondary N) is 2. The predicted molar refractivity (Wildman–Crippen MR) is 90.1 cm³/mol. The van der Waals surface area contributed by atoms with Crippen LogP contribution in [0, 0.1) is 5.41 Å². The smallest absolute Gasteiger partial charge is 0.242 e. The van der Waals surface area contributed by atoms with Crippen LogP contribution in [0.3, 0.4) is 0 Å². The molecule has 6 heteroatoms. The highest BCUT2D eigenvalue weighted by Gasteiger charge is 2.25. The third kappa shape index (κ3) is 5.18. The van der Waals surface area contributed by atoms with Gasteiger partial charge >= 0.3 is 0 Å². The third-order valence-electron chi connectivity index (χ3n) is 3.21. The Morgan fingerprint density at radius 1 is 1.09 bits per heavy atom. The van der Waals surface area contributed by atoms with E-state index in [1.54, 1.807) is 45.9 Å². The Labute approximate surface area is 141 Å². The number of amides is 2. The first-order valence-corrected chi connectivity index (χ1v) is 7.84. The third-order valence-corrected chi connectivity index (χ3v) is 3.77. The van der Waals surface area contributed by atoms with Crippen LogP contribution in [-0.4, -0.2) is 17.9 Å². The van der Waals surface area contributed by atoms with Crippen molar-refractivity contribution in [3.63, 3.8) is 0 Å². The van der Waals surface area contributed by atoms with Gasteiger partial charge in [-0.1, -0.05) is 50.0 Å². The van der Waals surface area contributed by atoms with Crippen molar-refractivity contribution in [1.82, 2.24) is 10.6 Å². The maximum atomic E-state index is 12.2. The minimum atomic E-state index is -0.625. The van der Waals surface area contributed by atoms with Gasteiger partial charge in [-0.05, 0) is 31.5 Å². The van der Waals surface area contributed by atoms with Gasteiger partial charge in [0.2, 0.25) is 11.8 Å². The van der Waals surface area contributed by atoms with E-state index in [0.29, 0.717) is 10.0 Å². The molecule has 0 saturated heterocycles. The van der Waals surface area contributed by atoms with E-state index in [0.717, 1.165) is 5.56 Å². The minimum Gasteiger partial charge on any atom is -0.348 e. The van der Waals surface area contributed by atoms with Crippen molar-refractivity contribution in [2.24, 2.45) is 5.41 Å². The SMILES string of the molecule is CC(NC(=O)C(C)(C)C)C(=O)NC(C)c1ccc(Cl)cc1Cl. The molecule has 2 unspecified atom stereocenters. The topological polar surface area (TPSA) is 58.2 Å². The van der Waals surface area contributed by atoms with Crippen LogP contribution in [0.4, 0.5) is 0 Å². The molecule has 0 fully saturated rings. The summed E-state index contributed by atoms with van der Waals surface area (Å²) in [4.78, 5) is 24.1. The van der Waals surface area contributed by atoms with Crippen LogP contribution < -0.4 is 10.6 Å². The standard InChI is InChI=1S/C16H22Cl2N2O2/c1-9(12-7-6-11(17)8-13(12)18)19-14(21)10(2)20-15(22)16(3,4)5/h6-10H,1-5H3,(H,19,21)(H,20,22). The maximum absolute atomic E-state index is 12.2. The molecular weight excluding hydrogens is 323 g/mol. The molecule has 2 amide bonds. The number of hydrogen-bond donors (Lipinski definition) is 2. The lowest BCUT2D eigenvalue weighted by molar-refractivity contribution is -0.133. The number of benzene rings is 1. The Balaban J connectivity index is 2.69. The van der Waals surface area contributed by atoms with Crippen molar-refractivity contribution < 1.29 is 9.59 Å². The fraction of sp³-hybridized carbons (Fsp3) is 0.500. The molecule has 1 rings (SSSR count). The van der Waals surface area contributed by atoms with Gasteiger partial charge in [0.1, 0.15) is 6.04 Å². The van der Waals surface area contributed by atoms with E-state index >= 15 is 0 Å². The number of rotatable bonds is 4. The van der Waals surface area contributed by atoms with Crippen molar-refractivity contribution >= 4 is 35.0 Å². The molecule has 0 aliphatic carbocycles. The summed E-state index contributed by atoms with van der Waals surface area (Å²) in [6.45, 7) is 8.86. The first-order chi connectivity index (χ1) is 10.0. The summed E-state index contributed by atoms with van der Waals surface area (Å²) in [5.41, 5.74) is 0.230. The zero-order valence-corrected chi connectivity index (χ0v) is 15.0. The molecule has 2 N–H and O–H groups in total. The molecule has 1 aromatic rings. The van der Waals surface area contributed by atoms with Gasteiger partial charge in [0.15, 0.2) is 0 Å². The van der Waals surface area contributed by atoms with E-state index in [1.807, 2.05) is 6.92 Å². The van der Waals surface area contributed by atoms with Crippen LogP contribution in [0.5, 0.6) is 0 Å². The predicted octanol–water partition coefficient (Wildman–Crippen LogP) is 3.72. The average molecular weight is 345 g/mol. The van der Waals surface area contributed by atoms with Crippen LogP contribution in [0.2, 0.25) is 10.0 Å². The van der Waals surface area contributed by atoms with Crippen LogP contribution in [0.1, 0.15) is 46.2 Å². The second-order valence-electron chi connectivity index (χ2n) is 6.34. The zero-order chi connectivity index (χ0) is 17.1. The molecule has 0 aromatic heterocycles. The molecule has 1 aromatic carbocycles. The molecule has 2 atom stereocenters. The van der Waals surface area contributed by atoms with Crippen LogP contribution in [0.25, 0.3) is 0 Å². The summed E-state index contributed by atoms with van der Waals surface area (Å²) in [6.07, 6.45) is 0. The van der Waals surface area contributed by atoms with Gasteiger partial charge in [0.05, 0.1) is 6.04 Å². The average Bonchev–Trinajstić information content (AvgIpc) is 2.36. The molecule has 0 bridgehead atoms. The maximum Gasteiger partial charge on any atom is 0.242 e. The molecule has 0 saturated carbocycles. The number of halogens is 2. The van der Waals surface area contributed by atoms with Crippen LogP contribution in [0.15, 0.2) is 18.2 Å². The molecule has 122 valence electrons. The fourth-order valence-electron chi connectivity index (χ4n) is 1.75. The number of carbonyl (C=O) groups excluding carboxylic acids is 2. The molecule has 4 nitrogen and oxygen atoms in total. The van der Waals surface area contributed by atoms with Gasteiger partial charge in [0, 0.05) is 15.5 Å². The fourth-order valence-corrected chi connectivity index (χ4v) is 2.32. The molecule has 0 aliphatic heterocycles. The molecule has 0 radical (unpaired) electrons. The minimum absolute atomic E-state index is 0.174. The van der Waals surface area contributed by atoms with Gasteiger partial charge in [-0.15, -0.1) is 0 Å². The highest BCUT2D eigenvalue weighted by atomic mass is 35.5. The largest absolute Gasteiger partial charge is 0.348 e. The number of hydrogen-bond acceptors (Lipinski definition) is 2. The first kappa shape index (κ1) is 18.8. The quantitative estimate of drug-likeness (QED) is 0.874. The molecular formula is C16H22Cl2N2O2. The summed E-state index contributed by atoms with van der Waals surface area (Å²) in [6, 6.07) is 4.21. The Morgan fingerprint density at radius 2 is 1.68 bits per heavy atom. The second-order valence-corrected chi connectivity index (χ2v) is 7.18. The highest BCUT2D eigenvalue weighted by Crippen LogP contribution is 2.26. The molecule has 22 heavy (non-hydrogen) atoms. The lowest BCUT2D eigenvalue weighted by Crippen LogP contribution is -2.48. The molecule has 0 heterocycles. The normalized spacial score (nSPS) is 14.1. The van der Waals surface area contributed by atoms with Crippen molar-refractivity contribution in [2.75, 3.05) is 0 Å². The molecule has 0 spiro atoms.